The van der Waals surface area contributed by atoms with Gasteiger partial charge in [-0.15, -0.1) is 0 Å². The van der Waals surface area contributed by atoms with E-state index >= 15 is 0 Å². The normalized spacial score (nSPS) is 20.7. The van der Waals surface area contributed by atoms with Crippen LogP contribution in [0.1, 0.15) is 52.4 Å². The van der Waals surface area contributed by atoms with Gasteiger partial charge < -0.3 is 9.80 Å². The van der Waals surface area contributed by atoms with Crippen LogP contribution in [0.25, 0.3) is 0 Å². The van der Waals surface area contributed by atoms with Crippen LogP contribution < -0.4 is 0 Å². The smallest absolute Gasteiger partial charge is 0.236 e. The molecule has 0 atom stereocenters. The van der Waals surface area contributed by atoms with E-state index in [9.17, 15) is 9.59 Å². The van der Waals surface area contributed by atoms with E-state index in [1.165, 1.54) is 12.8 Å². The molecular weight excluding hydrogens is 290 g/mol. The molecule has 2 amide bonds. The number of carbonyl (C=O) groups is 2. The Labute approximate surface area is 141 Å². The second-order valence-corrected chi connectivity index (χ2v) is 6.91. The van der Waals surface area contributed by atoms with Crippen molar-refractivity contribution < 1.29 is 9.59 Å². The maximum Gasteiger partial charge on any atom is 0.236 e. The first kappa shape index (κ1) is 18.2. The quantitative estimate of drug-likeness (QED) is 0.777. The van der Waals surface area contributed by atoms with Crippen molar-refractivity contribution in [2.24, 2.45) is 5.92 Å². The SMILES string of the molecule is CCC(CC)C(=O)N1CCN(CC(=O)N2CCCCCC2)CC1. The monoisotopic (exact) mass is 323 g/mol. The Kier molecular flexibility index (Phi) is 7.34. The van der Waals surface area contributed by atoms with Gasteiger partial charge in [0.15, 0.2) is 0 Å². The third-order valence-electron chi connectivity index (χ3n) is 5.34. The molecule has 5 heteroatoms. The molecule has 2 aliphatic rings. The van der Waals surface area contributed by atoms with Crippen LogP contribution >= 0.6 is 0 Å². The average molecular weight is 323 g/mol. The molecule has 0 saturated carbocycles. The summed E-state index contributed by atoms with van der Waals surface area (Å²) in [7, 11) is 0. The Hall–Kier alpha value is -1.10. The number of hydrogen-bond acceptors (Lipinski definition) is 3. The van der Waals surface area contributed by atoms with Gasteiger partial charge in [-0.2, -0.15) is 0 Å². The Balaban J connectivity index is 1.75. The third kappa shape index (κ3) is 5.20. The molecule has 5 nitrogen and oxygen atoms in total. The fourth-order valence-corrected chi connectivity index (χ4v) is 3.63. The van der Waals surface area contributed by atoms with Crippen LogP contribution in [0, 0.1) is 5.92 Å². The lowest BCUT2D eigenvalue weighted by atomic mass is 10.0. The first-order valence-corrected chi connectivity index (χ1v) is 9.44. The molecule has 0 aliphatic carbocycles. The topological polar surface area (TPSA) is 43.9 Å². The van der Waals surface area contributed by atoms with Crippen LogP contribution in [0.2, 0.25) is 0 Å². The van der Waals surface area contributed by atoms with Gasteiger partial charge in [-0.1, -0.05) is 26.7 Å². The summed E-state index contributed by atoms with van der Waals surface area (Å²) in [6.07, 6.45) is 6.63. The largest absolute Gasteiger partial charge is 0.342 e. The van der Waals surface area contributed by atoms with Crippen molar-refractivity contribution in [3.63, 3.8) is 0 Å². The highest BCUT2D eigenvalue weighted by Gasteiger charge is 2.27. The molecule has 23 heavy (non-hydrogen) atoms. The van der Waals surface area contributed by atoms with Crippen molar-refractivity contribution >= 4 is 11.8 Å². The van der Waals surface area contributed by atoms with E-state index in [4.69, 9.17) is 0 Å². The zero-order valence-electron chi connectivity index (χ0n) is 14.9. The summed E-state index contributed by atoms with van der Waals surface area (Å²) in [4.78, 5) is 31.1. The lowest BCUT2D eigenvalue weighted by molar-refractivity contribution is -0.138. The highest BCUT2D eigenvalue weighted by atomic mass is 16.2. The predicted octanol–water partition coefficient (Wildman–Crippen LogP) is 1.97. The van der Waals surface area contributed by atoms with Gasteiger partial charge in [-0.25, -0.2) is 0 Å². The molecule has 0 spiro atoms. The molecule has 0 radical (unpaired) electrons. The number of nitrogens with zero attached hydrogens (tertiary/aromatic N) is 3. The van der Waals surface area contributed by atoms with E-state index in [-0.39, 0.29) is 11.8 Å². The summed E-state index contributed by atoms with van der Waals surface area (Å²) < 4.78 is 0. The van der Waals surface area contributed by atoms with E-state index in [1.807, 2.05) is 9.80 Å². The van der Waals surface area contributed by atoms with E-state index in [0.717, 1.165) is 65.0 Å². The maximum atomic E-state index is 12.4. The molecule has 0 unspecified atom stereocenters. The molecule has 2 fully saturated rings. The van der Waals surface area contributed by atoms with Crippen molar-refractivity contribution in [3.8, 4) is 0 Å². The molecular formula is C18H33N3O2. The first-order chi connectivity index (χ1) is 11.2. The molecule has 2 aliphatic heterocycles. The lowest BCUT2D eigenvalue weighted by Gasteiger charge is -2.36. The van der Waals surface area contributed by atoms with Gasteiger partial charge in [0.25, 0.3) is 0 Å². The Morgan fingerprint density at radius 1 is 0.783 bits per heavy atom. The van der Waals surface area contributed by atoms with Gasteiger partial charge in [0, 0.05) is 45.2 Å². The minimum atomic E-state index is 0.167. The van der Waals surface area contributed by atoms with E-state index in [0.29, 0.717) is 12.5 Å². The molecule has 0 N–H and O–H groups in total. The van der Waals surface area contributed by atoms with Crippen molar-refractivity contribution in [2.45, 2.75) is 52.4 Å². The van der Waals surface area contributed by atoms with Gasteiger partial charge in [-0.3, -0.25) is 14.5 Å². The van der Waals surface area contributed by atoms with Crippen molar-refractivity contribution in [1.82, 2.24) is 14.7 Å². The summed E-state index contributed by atoms with van der Waals surface area (Å²) in [5, 5.41) is 0. The molecule has 2 heterocycles. The zero-order valence-corrected chi connectivity index (χ0v) is 14.9. The number of hydrogen-bond donors (Lipinski definition) is 0. The first-order valence-electron chi connectivity index (χ1n) is 9.44. The minimum Gasteiger partial charge on any atom is -0.342 e. The van der Waals surface area contributed by atoms with Crippen molar-refractivity contribution in [2.75, 3.05) is 45.8 Å². The van der Waals surface area contributed by atoms with Crippen molar-refractivity contribution in [1.29, 1.82) is 0 Å². The van der Waals surface area contributed by atoms with Gasteiger partial charge in [0.1, 0.15) is 0 Å². The van der Waals surface area contributed by atoms with Crippen LogP contribution in [0.5, 0.6) is 0 Å². The van der Waals surface area contributed by atoms with Crippen LogP contribution in [0.3, 0.4) is 0 Å². The predicted molar refractivity (Wildman–Crippen MR) is 92.1 cm³/mol. The number of piperazine rings is 1. The standard InChI is InChI=1S/C18H33N3O2/c1-3-16(4-2)18(23)21-13-11-19(12-14-21)15-17(22)20-9-7-5-6-8-10-20/h16H,3-15H2,1-2H3. The fraction of sp³-hybridized carbons (Fsp3) is 0.889. The maximum absolute atomic E-state index is 12.4. The summed E-state index contributed by atoms with van der Waals surface area (Å²) in [6.45, 7) is 9.72. The second-order valence-electron chi connectivity index (χ2n) is 6.91. The summed E-state index contributed by atoms with van der Waals surface area (Å²) in [6, 6.07) is 0. The number of amides is 2. The zero-order chi connectivity index (χ0) is 16.7. The summed E-state index contributed by atoms with van der Waals surface area (Å²) in [5.41, 5.74) is 0. The number of carbonyl (C=O) groups excluding carboxylic acids is 2. The van der Waals surface area contributed by atoms with E-state index in [1.54, 1.807) is 0 Å². The highest BCUT2D eigenvalue weighted by molar-refractivity contribution is 5.79. The van der Waals surface area contributed by atoms with Crippen LogP contribution in [-0.2, 0) is 9.59 Å². The highest BCUT2D eigenvalue weighted by Crippen LogP contribution is 2.15. The van der Waals surface area contributed by atoms with Crippen LogP contribution in [-0.4, -0.2) is 72.3 Å². The summed E-state index contributed by atoms with van der Waals surface area (Å²) in [5.74, 6) is 0.737. The van der Waals surface area contributed by atoms with E-state index in [2.05, 4.69) is 18.7 Å². The molecule has 2 saturated heterocycles. The average Bonchev–Trinajstić information content (AvgIpc) is 2.86. The lowest BCUT2D eigenvalue weighted by Crippen LogP contribution is -2.52. The fourth-order valence-electron chi connectivity index (χ4n) is 3.63. The molecule has 0 aromatic carbocycles. The van der Waals surface area contributed by atoms with Crippen LogP contribution in [0.15, 0.2) is 0 Å². The number of likely N-dealkylation sites (tertiary alicyclic amines) is 1. The van der Waals surface area contributed by atoms with Gasteiger partial charge in [-0.05, 0) is 25.7 Å². The Morgan fingerprint density at radius 3 is 1.87 bits per heavy atom. The Bertz CT molecular complexity index is 380. The molecule has 0 bridgehead atoms. The second kappa shape index (κ2) is 9.26. The van der Waals surface area contributed by atoms with E-state index < -0.39 is 0 Å². The Morgan fingerprint density at radius 2 is 1.35 bits per heavy atom. The van der Waals surface area contributed by atoms with Gasteiger partial charge in [0.2, 0.25) is 11.8 Å². The molecule has 0 aromatic rings. The van der Waals surface area contributed by atoms with Crippen molar-refractivity contribution in [3.05, 3.63) is 0 Å². The number of rotatable bonds is 5. The van der Waals surface area contributed by atoms with Gasteiger partial charge >= 0.3 is 0 Å². The third-order valence-corrected chi connectivity index (χ3v) is 5.34. The molecule has 2 rings (SSSR count). The molecule has 132 valence electrons. The summed E-state index contributed by atoms with van der Waals surface area (Å²) >= 11 is 0. The molecule has 0 aromatic heterocycles. The minimum absolute atomic E-state index is 0.167. The van der Waals surface area contributed by atoms with Crippen LogP contribution in [0.4, 0.5) is 0 Å². The van der Waals surface area contributed by atoms with Gasteiger partial charge in [0.05, 0.1) is 6.54 Å².